The lowest BCUT2D eigenvalue weighted by Crippen LogP contribution is -1.81. The molecule has 1 rings (SSSR count). The molecule has 0 amide bonds. The maximum atomic E-state index is 9.50. The third-order valence-corrected chi connectivity index (χ3v) is 1.40. The first kappa shape index (κ1) is 10.5. The molecule has 0 bridgehead atoms. The van der Waals surface area contributed by atoms with E-state index in [4.69, 9.17) is 11.6 Å². The molecule has 3 heteroatoms. The Balaban J connectivity index is 0.000000187. The summed E-state index contributed by atoms with van der Waals surface area (Å²) in [6, 6.07) is 12.0. The van der Waals surface area contributed by atoms with Gasteiger partial charge < -0.3 is 0 Å². The minimum atomic E-state index is -0.409. The Morgan fingerprint density at radius 3 is 1.36 bits per heavy atom. The zero-order valence-electron chi connectivity index (χ0n) is 5.90. The van der Waals surface area contributed by atoms with E-state index in [2.05, 4.69) is 12.6 Å². The fourth-order valence-electron chi connectivity index (χ4n) is 0.385. The van der Waals surface area contributed by atoms with Crippen molar-refractivity contribution in [1.82, 2.24) is 0 Å². The van der Waals surface area contributed by atoms with Crippen LogP contribution in [0.5, 0.6) is 0 Å². The van der Waals surface area contributed by atoms with Crippen LogP contribution in [0.3, 0.4) is 0 Å². The van der Waals surface area contributed by atoms with Gasteiger partial charge >= 0.3 is 0 Å². The van der Waals surface area contributed by atoms with E-state index in [0.29, 0.717) is 0 Å². The monoisotopic (exact) mass is 188 g/mol. The van der Waals surface area contributed by atoms with Gasteiger partial charge in [-0.1, -0.05) is 36.4 Å². The Kier molecular flexibility index (Phi) is 7.31. The molecular formula is C8H9ClOS. The molecule has 1 aromatic carbocycles. The summed E-state index contributed by atoms with van der Waals surface area (Å²) in [5, 5.41) is -0.409. The molecular weight excluding hydrogens is 180 g/mol. The van der Waals surface area contributed by atoms with Crippen molar-refractivity contribution in [1.29, 1.82) is 0 Å². The lowest BCUT2D eigenvalue weighted by molar-refractivity contribution is -0.109. The highest BCUT2D eigenvalue weighted by Crippen LogP contribution is 1.80. The Hall–Kier alpha value is -0.470. The first-order valence-electron chi connectivity index (χ1n) is 3.06. The van der Waals surface area contributed by atoms with E-state index in [0.717, 1.165) is 0 Å². The molecule has 0 heterocycles. The maximum absolute atomic E-state index is 9.50. The van der Waals surface area contributed by atoms with Crippen molar-refractivity contribution in [2.75, 3.05) is 5.75 Å². The standard InChI is InChI=1S/C6H6.C2H3ClOS/c1-2-4-6-5-3-1;3-2(4)1-5/h1-6H;5H,1H2. The van der Waals surface area contributed by atoms with Crippen LogP contribution in [0, 0.1) is 0 Å². The van der Waals surface area contributed by atoms with Gasteiger partial charge in [0.1, 0.15) is 0 Å². The lowest BCUT2D eigenvalue weighted by Gasteiger charge is -1.69. The second-order valence-corrected chi connectivity index (χ2v) is 2.41. The van der Waals surface area contributed by atoms with Gasteiger partial charge in [0.15, 0.2) is 0 Å². The van der Waals surface area contributed by atoms with Crippen molar-refractivity contribution in [2.45, 2.75) is 0 Å². The maximum Gasteiger partial charge on any atom is 0.231 e. The molecule has 0 aliphatic rings. The van der Waals surface area contributed by atoms with Crippen LogP contribution in [0.2, 0.25) is 0 Å². The van der Waals surface area contributed by atoms with Crippen molar-refractivity contribution in [2.24, 2.45) is 0 Å². The van der Waals surface area contributed by atoms with Gasteiger partial charge in [-0.2, -0.15) is 12.6 Å². The highest BCUT2D eigenvalue weighted by atomic mass is 35.5. The Morgan fingerprint density at radius 1 is 1.09 bits per heavy atom. The molecule has 0 spiro atoms. The molecule has 0 saturated heterocycles. The van der Waals surface area contributed by atoms with Gasteiger partial charge in [-0.3, -0.25) is 4.79 Å². The fraction of sp³-hybridized carbons (Fsp3) is 0.125. The Labute approximate surface area is 76.8 Å². The zero-order valence-corrected chi connectivity index (χ0v) is 7.55. The van der Waals surface area contributed by atoms with Gasteiger partial charge in [0.05, 0.1) is 5.75 Å². The second kappa shape index (κ2) is 7.63. The minimum Gasteiger partial charge on any atom is -0.280 e. The van der Waals surface area contributed by atoms with Crippen LogP contribution in [-0.2, 0) is 4.79 Å². The van der Waals surface area contributed by atoms with Crippen LogP contribution in [0.1, 0.15) is 0 Å². The molecule has 0 N–H and O–H groups in total. The molecule has 0 aromatic heterocycles. The number of rotatable bonds is 1. The van der Waals surface area contributed by atoms with Crippen LogP contribution in [0.25, 0.3) is 0 Å². The van der Waals surface area contributed by atoms with Crippen LogP contribution >= 0.6 is 24.2 Å². The first-order valence-corrected chi connectivity index (χ1v) is 4.07. The van der Waals surface area contributed by atoms with Crippen LogP contribution in [0.4, 0.5) is 0 Å². The quantitative estimate of drug-likeness (QED) is 0.529. The summed E-state index contributed by atoms with van der Waals surface area (Å²) in [5.41, 5.74) is 0. The first-order chi connectivity index (χ1) is 5.27. The molecule has 0 aliphatic heterocycles. The number of hydrogen-bond donors (Lipinski definition) is 1. The number of benzene rings is 1. The van der Waals surface area contributed by atoms with Gasteiger partial charge in [-0.25, -0.2) is 0 Å². The third kappa shape index (κ3) is 9.53. The fourth-order valence-corrected chi connectivity index (χ4v) is 0.385. The van der Waals surface area contributed by atoms with Crippen LogP contribution in [-0.4, -0.2) is 11.0 Å². The SMILES string of the molecule is O=C(Cl)CS.c1ccccc1. The number of carbonyl (C=O) groups excluding carboxylic acids is 1. The zero-order chi connectivity index (χ0) is 8.53. The summed E-state index contributed by atoms with van der Waals surface area (Å²) in [5.74, 6) is 0.127. The molecule has 60 valence electrons. The average Bonchev–Trinajstić information content (AvgIpc) is 2.09. The average molecular weight is 189 g/mol. The summed E-state index contributed by atoms with van der Waals surface area (Å²) >= 11 is 8.28. The summed E-state index contributed by atoms with van der Waals surface area (Å²) in [6.07, 6.45) is 0. The third-order valence-electron chi connectivity index (χ3n) is 0.791. The molecule has 1 aromatic rings. The second-order valence-electron chi connectivity index (χ2n) is 1.67. The van der Waals surface area contributed by atoms with Crippen molar-refractivity contribution in [3.63, 3.8) is 0 Å². The largest absolute Gasteiger partial charge is 0.280 e. The molecule has 0 saturated carbocycles. The normalized spacial score (nSPS) is 7.82. The van der Waals surface area contributed by atoms with Crippen LogP contribution < -0.4 is 0 Å². The van der Waals surface area contributed by atoms with E-state index in [1.807, 2.05) is 36.4 Å². The Morgan fingerprint density at radius 2 is 1.27 bits per heavy atom. The molecule has 0 unspecified atom stereocenters. The van der Waals surface area contributed by atoms with Gasteiger partial charge in [0, 0.05) is 0 Å². The number of thiol groups is 1. The molecule has 0 radical (unpaired) electrons. The van der Waals surface area contributed by atoms with Crippen molar-refractivity contribution in [3.8, 4) is 0 Å². The van der Waals surface area contributed by atoms with E-state index in [1.54, 1.807) is 0 Å². The summed E-state index contributed by atoms with van der Waals surface area (Å²) in [7, 11) is 0. The van der Waals surface area contributed by atoms with Crippen molar-refractivity contribution in [3.05, 3.63) is 36.4 Å². The van der Waals surface area contributed by atoms with Gasteiger partial charge in [-0.05, 0) is 11.6 Å². The van der Waals surface area contributed by atoms with Gasteiger partial charge in [0.25, 0.3) is 0 Å². The highest BCUT2D eigenvalue weighted by Gasteiger charge is 1.81. The number of hydrogen-bond acceptors (Lipinski definition) is 2. The minimum absolute atomic E-state index is 0.127. The molecule has 0 atom stereocenters. The number of carbonyl (C=O) groups is 1. The van der Waals surface area contributed by atoms with Crippen LogP contribution in [0.15, 0.2) is 36.4 Å². The molecule has 0 fully saturated rings. The summed E-state index contributed by atoms with van der Waals surface area (Å²) in [4.78, 5) is 9.50. The van der Waals surface area contributed by atoms with Gasteiger partial charge in [-0.15, -0.1) is 0 Å². The lowest BCUT2D eigenvalue weighted by atomic mass is 10.4. The smallest absolute Gasteiger partial charge is 0.231 e. The summed E-state index contributed by atoms with van der Waals surface area (Å²) < 4.78 is 0. The van der Waals surface area contributed by atoms with E-state index in [1.165, 1.54) is 0 Å². The van der Waals surface area contributed by atoms with E-state index < -0.39 is 5.24 Å². The highest BCUT2D eigenvalue weighted by molar-refractivity contribution is 7.81. The predicted octanol–water partition coefficient (Wildman–Crippen LogP) is 2.37. The molecule has 0 aliphatic carbocycles. The van der Waals surface area contributed by atoms with E-state index in [-0.39, 0.29) is 5.75 Å². The van der Waals surface area contributed by atoms with Gasteiger partial charge in [0.2, 0.25) is 5.24 Å². The van der Waals surface area contributed by atoms with E-state index >= 15 is 0 Å². The molecule has 1 nitrogen and oxygen atoms in total. The number of halogens is 1. The van der Waals surface area contributed by atoms with Crippen molar-refractivity contribution < 1.29 is 4.79 Å². The predicted molar refractivity (Wildman–Crippen MR) is 51.2 cm³/mol. The summed E-state index contributed by atoms with van der Waals surface area (Å²) in [6.45, 7) is 0. The topological polar surface area (TPSA) is 17.1 Å². The molecule has 11 heavy (non-hydrogen) atoms. The van der Waals surface area contributed by atoms with Crippen molar-refractivity contribution >= 4 is 29.5 Å². The Bertz CT molecular complexity index is 162. The van der Waals surface area contributed by atoms with E-state index in [9.17, 15) is 4.79 Å².